The highest BCUT2D eigenvalue weighted by atomic mass is 16.7. The lowest BCUT2D eigenvalue weighted by molar-refractivity contribution is -0.452. The zero-order chi connectivity index (χ0) is 22.7. The molecule has 31 heavy (non-hydrogen) atoms. The van der Waals surface area contributed by atoms with Crippen molar-refractivity contribution in [3.8, 4) is 0 Å². The number of hydrogen-bond acceptors (Lipinski definition) is 8. The van der Waals surface area contributed by atoms with Gasteiger partial charge < -0.3 is 0 Å². The first-order chi connectivity index (χ1) is 14.7. The summed E-state index contributed by atoms with van der Waals surface area (Å²) in [4.78, 5) is 41.5. The molecule has 0 unspecified atom stereocenters. The van der Waals surface area contributed by atoms with Gasteiger partial charge in [0, 0.05) is 12.0 Å². The molecular weight excluding hydrogens is 412 g/mol. The molecule has 0 aromatic heterocycles. The molecule has 0 aliphatic heterocycles. The smallest absolute Gasteiger partial charge is 0.258 e. The average Bonchev–Trinajstić information content (AvgIpc) is 2.74. The van der Waals surface area contributed by atoms with Crippen LogP contribution in [0.2, 0.25) is 0 Å². The van der Waals surface area contributed by atoms with E-state index in [0.717, 1.165) is 0 Å². The molecule has 0 aliphatic carbocycles. The SMILES string of the molecule is O=[N+]([O-])c1cc(C(c2ccccc2)c2ccccc2)c([N+](=O)[O-])c([N+](=O)[O-])c1[N+](=O)[O-]. The standard InChI is InChI=1S/C19H12N4O8/c24-20(25)15-11-14(17(21(26)27)19(23(30)31)18(15)22(28)29)16(12-7-3-1-4-8-12)13-9-5-2-6-10-13/h1-11,16H. The van der Waals surface area contributed by atoms with Crippen molar-refractivity contribution in [2.45, 2.75) is 5.92 Å². The van der Waals surface area contributed by atoms with Crippen molar-refractivity contribution < 1.29 is 19.7 Å². The van der Waals surface area contributed by atoms with Crippen molar-refractivity contribution >= 4 is 22.7 Å². The van der Waals surface area contributed by atoms with Gasteiger partial charge in [-0.05, 0) is 11.1 Å². The fourth-order valence-electron chi connectivity index (χ4n) is 3.40. The topological polar surface area (TPSA) is 173 Å². The van der Waals surface area contributed by atoms with Crippen molar-refractivity contribution in [2.24, 2.45) is 0 Å². The quantitative estimate of drug-likeness (QED) is 0.303. The number of nitro benzene ring substituents is 4. The van der Waals surface area contributed by atoms with Crippen LogP contribution in [-0.2, 0) is 0 Å². The molecule has 0 saturated heterocycles. The van der Waals surface area contributed by atoms with Crippen LogP contribution in [0, 0.1) is 40.5 Å². The lowest BCUT2D eigenvalue weighted by Crippen LogP contribution is -2.12. The van der Waals surface area contributed by atoms with Crippen LogP contribution >= 0.6 is 0 Å². The van der Waals surface area contributed by atoms with Gasteiger partial charge in [-0.15, -0.1) is 0 Å². The normalized spacial score (nSPS) is 10.6. The first-order valence-corrected chi connectivity index (χ1v) is 8.62. The summed E-state index contributed by atoms with van der Waals surface area (Å²) >= 11 is 0. The Bertz CT molecular complexity index is 1160. The van der Waals surface area contributed by atoms with E-state index in [0.29, 0.717) is 17.2 Å². The van der Waals surface area contributed by atoms with Crippen LogP contribution in [0.1, 0.15) is 22.6 Å². The van der Waals surface area contributed by atoms with Gasteiger partial charge in [0.05, 0.1) is 25.3 Å². The maximum atomic E-state index is 11.9. The molecule has 0 fully saturated rings. The van der Waals surface area contributed by atoms with Gasteiger partial charge in [0.1, 0.15) is 0 Å². The highest BCUT2D eigenvalue weighted by Gasteiger charge is 2.48. The van der Waals surface area contributed by atoms with Gasteiger partial charge in [0.15, 0.2) is 0 Å². The second-order valence-corrected chi connectivity index (χ2v) is 6.31. The molecule has 0 N–H and O–H groups in total. The Labute approximate surface area is 173 Å². The van der Waals surface area contributed by atoms with Crippen LogP contribution in [0.3, 0.4) is 0 Å². The van der Waals surface area contributed by atoms with Crippen molar-refractivity contribution in [1.29, 1.82) is 0 Å². The van der Waals surface area contributed by atoms with Gasteiger partial charge in [0.2, 0.25) is 0 Å². The first-order valence-electron chi connectivity index (χ1n) is 8.62. The summed E-state index contributed by atoms with van der Waals surface area (Å²) in [5.74, 6) is -1.03. The maximum absolute atomic E-state index is 11.9. The molecule has 156 valence electrons. The van der Waals surface area contributed by atoms with Gasteiger partial charge in [-0.2, -0.15) is 0 Å². The molecule has 12 nitrogen and oxygen atoms in total. The third-order valence-corrected chi connectivity index (χ3v) is 4.58. The summed E-state index contributed by atoms with van der Waals surface area (Å²) in [6.07, 6.45) is 0. The molecule has 0 bridgehead atoms. The van der Waals surface area contributed by atoms with Gasteiger partial charge in [-0.3, -0.25) is 40.5 Å². The zero-order valence-electron chi connectivity index (χ0n) is 15.5. The maximum Gasteiger partial charge on any atom is 0.430 e. The molecule has 0 spiro atoms. The van der Waals surface area contributed by atoms with E-state index >= 15 is 0 Å². The summed E-state index contributed by atoms with van der Waals surface area (Å²) in [7, 11) is 0. The minimum Gasteiger partial charge on any atom is -0.258 e. The first kappa shape index (κ1) is 21.0. The highest BCUT2D eigenvalue weighted by Crippen LogP contribution is 2.49. The van der Waals surface area contributed by atoms with Gasteiger partial charge in [0.25, 0.3) is 0 Å². The molecule has 3 rings (SSSR count). The summed E-state index contributed by atoms with van der Waals surface area (Å²) in [5, 5.41) is 46.5. The van der Waals surface area contributed by atoms with E-state index in [2.05, 4.69) is 0 Å². The molecule has 0 radical (unpaired) electrons. The second-order valence-electron chi connectivity index (χ2n) is 6.31. The van der Waals surface area contributed by atoms with Crippen LogP contribution in [0.25, 0.3) is 0 Å². The summed E-state index contributed by atoms with van der Waals surface area (Å²) in [6.45, 7) is 0. The van der Waals surface area contributed by atoms with E-state index in [-0.39, 0.29) is 0 Å². The fraction of sp³-hybridized carbons (Fsp3) is 0.0526. The van der Waals surface area contributed by atoms with E-state index in [9.17, 15) is 40.5 Å². The monoisotopic (exact) mass is 424 g/mol. The van der Waals surface area contributed by atoms with Crippen LogP contribution in [0.15, 0.2) is 66.7 Å². The summed E-state index contributed by atoms with van der Waals surface area (Å²) in [5.41, 5.74) is -4.93. The third-order valence-electron chi connectivity index (χ3n) is 4.58. The van der Waals surface area contributed by atoms with Crippen LogP contribution in [-0.4, -0.2) is 19.7 Å². The molecule has 0 saturated carbocycles. The lowest BCUT2D eigenvalue weighted by Gasteiger charge is -2.18. The summed E-state index contributed by atoms with van der Waals surface area (Å²) in [6, 6.07) is 16.9. The van der Waals surface area contributed by atoms with E-state index in [1.165, 1.54) is 0 Å². The Hall–Kier alpha value is -4.74. The van der Waals surface area contributed by atoms with Crippen molar-refractivity contribution in [1.82, 2.24) is 0 Å². The third kappa shape index (κ3) is 3.89. The number of rotatable bonds is 7. The Balaban J connectivity index is 2.53. The van der Waals surface area contributed by atoms with E-state index in [1.807, 2.05) is 0 Å². The Morgan fingerprint density at radius 2 is 0.968 bits per heavy atom. The molecule has 12 heteroatoms. The molecule has 0 aliphatic rings. The van der Waals surface area contributed by atoms with Crippen molar-refractivity contribution in [2.75, 3.05) is 0 Å². The lowest BCUT2D eigenvalue weighted by atomic mass is 9.83. The molecular formula is C19H12N4O8. The molecule has 3 aromatic rings. The zero-order valence-corrected chi connectivity index (χ0v) is 15.5. The van der Waals surface area contributed by atoms with Gasteiger partial charge in [-0.25, -0.2) is 0 Å². The number of nitro groups is 4. The van der Waals surface area contributed by atoms with E-state index in [4.69, 9.17) is 0 Å². The second kappa shape index (κ2) is 8.32. The minimum absolute atomic E-state index is 0.397. The predicted octanol–water partition coefficient (Wildman–Crippen LogP) is 4.50. The Morgan fingerprint density at radius 3 is 1.32 bits per heavy atom. The molecule has 3 aromatic carbocycles. The molecule has 0 heterocycles. The predicted molar refractivity (Wildman–Crippen MR) is 107 cm³/mol. The highest BCUT2D eigenvalue weighted by molar-refractivity contribution is 5.79. The van der Waals surface area contributed by atoms with Crippen molar-refractivity contribution in [3.05, 3.63) is 124 Å². The Morgan fingerprint density at radius 1 is 0.548 bits per heavy atom. The number of hydrogen-bond donors (Lipinski definition) is 0. The molecule has 0 atom stereocenters. The van der Waals surface area contributed by atoms with Crippen LogP contribution in [0.4, 0.5) is 22.7 Å². The van der Waals surface area contributed by atoms with Crippen molar-refractivity contribution in [3.63, 3.8) is 0 Å². The average molecular weight is 424 g/mol. The summed E-state index contributed by atoms with van der Waals surface area (Å²) < 4.78 is 0. The van der Waals surface area contributed by atoms with Gasteiger partial charge >= 0.3 is 22.7 Å². The number of benzene rings is 3. The fourth-order valence-corrected chi connectivity index (χ4v) is 3.40. The minimum atomic E-state index is -1.54. The van der Waals surface area contributed by atoms with E-state index in [1.54, 1.807) is 60.7 Å². The van der Waals surface area contributed by atoms with E-state index < -0.39 is 53.9 Å². The van der Waals surface area contributed by atoms with Crippen LogP contribution in [0.5, 0.6) is 0 Å². The Kier molecular flexibility index (Phi) is 5.63. The van der Waals surface area contributed by atoms with Crippen LogP contribution < -0.4 is 0 Å². The van der Waals surface area contributed by atoms with Gasteiger partial charge in [-0.1, -0.05) is 60.7 Å². The number of nitrogens with zero attached hydrogens (tertiary/aromatic N) is 4. The molecule has 0 amide bonds. The largest absolute Gasteiger partial charge is 0.430 e.